The summed E-state index contributed by atoms with van der Waals surface area (Å²) in [5.74, 6) is 0. The highest BCUT2D eigenvalue weighted by atomic mass is 35.5. The van der Waals surface area contributed by atoms with Crippen LogP contribution in [0.5, 0.6) is 0 Å². The van der Waals surface area contributed by atoms with Crippen LogP contribution in [0.3, 0.4) is 0 Å². The predicted octanol–water partition coefficient (Wildman–Crippen LogP) is 3.33. The van der Waals surface area contributed by atoms with Gasteiger partial charge in [-0.1, -0.05) is 23.7 Å². The molecule has 1 aromatic heterocycles. The Hall–Kier alpha value is -1.41. The monoisotopic (exact) mass is 264 g/mol. The average Bonchev–Trinajstić information content (AvgIpc) is 2.71. The Bertz CT molecular complexity index is 571. The Morgan fingerprint density at radius 3 is 2.65 bits per heavy atom. The summed E-state index contributed by atoms with van der Waals surface area (Å²) < 4.78 is 0. The third-order valence-electron chi connectivity index (χ3n) is 2.29. The van der Waals surface area contributed by atoms with Gasteiger partial charge < -0.3 is 5.11 Å². The van der Waals surface area contributed by atoms with E-state index in [9.17, 15) is 5.11 Å². The Labute approximate surface area is 108 Å². The molecule has 0 aliphatic rings. The summed E-state index contributed by atoms with van der Waals surface area (Å²) in [4.78, 5) is 4.94. The zero-order valence-corrected chi connectivity index (χ0v) is 10.6. The largest absolute Gasteiger partial charge is 0.373 e. The van der Waals surface area contributed by atoms with E-state index in [4.69, 9.17) is 16.9 Å². The molecule has 0 fully saturated rings. The lowest BCUT2D eigenvalue weighted by Gasteiger charge is -1.96. The number of hydrogen-bond acceptors (Lipinski definition) is 4. The van der Waals surface area contributed by atoms with Crippen LogP contribution in [-0.4, -0.2) is 10.1 Å². The lowest BCUT2D eigenvalue weighted by atomic mass is 10.2. The van der Waals surface area contributed by atoms with E-state index in [-0.39, 0.29) is 0 Å². The van der Waals surface area contributed by atoms with Crippen molar-refractivity contribution < 1.29 is 5.11 Å². The molecule has 1 aromatic carbocycles. The molecule has 86 valence electrons. The minimum atomic E-state index is -1.10. The second-order valence-electron chi connectivity index (χ2n) is 3.51. The number of hydrogen-bond donors (Lipinski definition) is 1. The van der Waals surface area contributed by atoms with E-state index in [0.717, 1.165) is 10.6 Å². The Balaban J connectivity index is 2.41. The van der Waals surface area contributed by atoms with Gasteiger partial charge in [0.25, 0.3) is 0 Å². The van der Waals surface area contributed by atoms with E-state index >= 15 is 0 Å². The number of aryl methyl sites for hydroxylation is 1. The number of rotatable bonds is 2. The summed E-state index contributed by atoms with van der Waals surface area (Å²) in [6.45, 7) is 1.78. The van der Waals surface area contributed by atoms with Gasteiger partial charge in [0.2, 0.25) is 0 Å². The van der Waals surface area contributed by atoms with Crippen molar-refractivity contribution >= 4 is 22.9 Å². The summed E-state index contributed by atoms with van der Waals surface area (Å²) >= 11 is 7.13. The van der Waals surface area contributed by atoms with Gasteiger partial charge >= 0.3 is 0 Å². The minimum absolute atomic E-state index is 0.595. The highest BCUT2D eigenvalue weighted by Crippen LogP contribution is 2.31. The summed E-state index contributed by atoms with van der Waals surface area (Å²) in [6, 6.07) is 9.10. The van der Waals surface area contributed by atoms with Crippen molar-refractivity contribution in [1.29, 1.82) is 5.26 Å². The molecule has 2 aromatic rings. The normalized spacial score (nSPS) is 12.1. The van der Waals surface area contributed by atoms with Crippen molar-refractivity contribution in [3.63, 3.8) is 0 Å². The van der Waals surface area contributed by atoms with Crippen LogP contribution < -0.4 is 0 Å². The molecule has 0 amide bonds. The third kappa shape index (κ3) is 2.47. The number of benzene rings is 1. The summed E-state index contributed by atoms with van der Waals surface area (Å²) in [5, 5.41) is 19.6. The predicted molar refractivity (Wildman–Crippen MR) is 67.9 cm³/mol. The van der Waals surface area contributed by atoms with Gasteiger partial charge in [0, 0.05) is 10.6 Å². The second-order valence-corrected chi connectivity index (χ2v) is 4.97. The van der Waals surface area contributed by atoms with Crippen LogP contribution in [0.15, 0.2) is 24.3 Å². The van der Waals surface area contributed by atoms with Crippen molar-refractivity contribution in [1.82, 2.24) is 4.98 Å². The van der Waals surface area contributed by atoms with Crippen LogP contribution in [0.1, 0.15) is 16.7 Å². The highest BCUT2D eigenvalue weighted by Gasteiger charge is 2.15. The molecule has 2 rings (SSSR count). The van der Waals surface area contributed by atoms with Crippen molar-refractivity contribution in [2.45, 2.75) is 13.0 Å². The van der Waals surface area contributed by atoms with E-state index in [1.165, 1.54) is 11.3 Å². The van der Waals surface area contributed by atoms with Gasteiger partial charge in [-0.25, -0.2) is 4.98 Å². The molecule has 0 bridgehead atoms. The molecule has 3 nitrogen and oxygen atoms in total. The molecule has 0 radical (unpaired) electrons. The van der Waals surface area contributed by atoms with Gasteiger partial charge in [0.05, 0.1) is 16.6 Å². The lowest BCUT2D eigenvalue weighted by Crippen LogP contribution is -1.91. The summed E-state index contributed by atoms with van der Waals surface area (Å²) in [7, 11) is 0. The molecule has 0 aliphatic heterocycles. The van der Waals surface area contributed by atoms with Crippen LogP contribution >= 0.6 is 22.9 Å². The van der Waals surface area contributed by atoms with Gasteiger partial charge in [-0.2, -0.15) is 5.26 Å². The molecule has 0 aliphatic carbocycles. The van der Waals surface area contributed by atoms with E-state index in [1.54, 1.807) is 25.1 Å². The maximum Gasteiger partial charge on any atom is 0.176 e. The Kier molecular flexibility index (Phi) is 3.43. The molecule has 0 saturated carbocycles. The molecule has 1 atom stereocenters. The van der Waals surface area contributed by atoms with Crippen molar-refractivity contribution in [2.75, 3.05) is 0 Å². The summed E-state index contributed by atoms with van der Waals surface area (Å²) in [5.41, 5.74) is 1.62. The molecule has 5 heteroatoms. The van der Waals surface area contributed by atoms with E-state index in [0.29, 0.717) is 15.6 Å². The molecule has 1 heterocycles. The number of nitrogens with zero attached hydrogens (tertiary/aromatic N) is 2. The fourth-order valence-electron chi connectivity index (χ4n) is 1.44. The quantitative estimate of drug-likeness (QED) is 0.847. The first-order valence-electron chi connectivity index (χ1n) is 4.92. The van der Waals surface area contributed by atoms with Crippen LogP contribution in [0.2, 0.25) is 5.02 Å². The van der Waals surface area contributed by atoms with Gasteiger partial charge in [-0.3, -0.25) is 0 Å². The van der Waals surface area contributed by atoms with Crippen molar-refractivity contribution in [2.24, 2.45) is 0 Å². The van der Waals surface area contributed by atoms with Crippen molar-refractivity contribution in [3.05, 3.63) is 39.9 Å². The number of thiazole rings is 1. The van der Waals surface area contributed by atoms with Crippen molar-refractivity contribution in [3.8, 4) is 16.6 Å². The summed E-state index contributed by atoms with van der Waals surface area (Å²) in [6.07, 6.45) is -1.10. The number of aliphatic hydroxyl groups excluding tert-OH is 1. The standard InChI is InChI=1S/C12H9ClN2OS/c1-7-11(10(16)6-14)17-12(15-7)8-2-4-9(13)5-3-8/h2-5,10,16H,1H3. The number of halogens is 1. The maximum absolute atomic E-state index is 9.50. The first kappa shape index (κ1) is 12.1. The third-order valence-corrected chi connectivity index (χ3v) is 3.81. The fourth-order valence-corrected chi connectivity index (χ4v) is 2.56. The number of aliphatic hydroxyl groups is 1. The van der Waals surface area contributed by atoms with E-state index in [1.807, 2.05) is 12.1 Å². The second kappa shape index (κ2) is 4.84. The Morgan fingerprint density at radius 1 is 1.41 bits per heavy atom. The minimum Gasteiger partial charge on any atom is -0.373 e. The highest BCUT2D eigenvalue weighted by molar-refractivity contribution is 7.15. The first-order chi connectivity index (χ1) is 8.11. The SMILES string of the molecule is Cc1nc(-c2ccc(Cl)cc2)sc1C(O)C#N. The van der Waals surface area contributed by atoms with E-state index in [2.05, 4.69) is 4.98 Å². The molecular formula is C12H9ClN2OS. The topological polar surface area (TPSA) is 56.9 Å². The van der Waals surface area contributed by atoms with Crippen LogP contribution in [0.25, 0.3) is 10.6 Å². The molecule has 1 unspecified atom stereocenters. The van der Waals surface area contributed by atoms with Gasteiger partial charge in [-0.05, 0) is 19.1 Å². The zero-order chi connectivity index (χ0) is 12.4. The lowest BCUT2D eigenvalue weighted by molar-refractivity contribution is 0.239. The van der Waals surface area contributed by atoms with Crippen LogP contribution in [-0.2, 0) is 0 Å². The molecule has 1 N–H and O–H groups in total. The van der Waals surface area contributed by atoms with Crippen LogP contribution in [0, 0.1) is 18.3 Å². The number of nitriles is 1. The first-order valence-corrected chi connectivity index (χ1v) is 6.12. The number of aromatic nitrogens is 1. The van der Waals surface area contributed by atoms with Crippen LogP contribution in [0.4, 0.5) is 0 Å². The van der Waals surface area contributed by atoms with Gasteiger partial charge in [0.15, 0.2) is 6.10 Å². The van der Waals surface area contributed by atoms with Gasteiger partial charge in [0.1, 0.15) is 5.01 Å². The fraction of sp³-hybridized carbons (Fsp3) is 0.167. The maximum atomic E-state index is 9.50. The Morgan fingerprint density at radius 2 is 2.06 bits per heavy atom. The van der Waals surface area contributed by atoms with Gasteiger partial charge in [-0.15, -0.1) is 11.3 Å². The average molecular weight is 265 g/mol. The zero-order valence-electron chi connectivity index (χ0n) is 9.01. The van der Waals surface area contributed by atoms with E-state index < -0.39 is 6.10 Å². The molecule has 0 saturated heterocycles. The molecule has 17 heavy (non-hydrogen) atoms. The molecule has 0 spiro atoms. The molecular weight excluding hydrogens is 256 g/mol. The smallest absolute Gasteiger partial charge is 0.176 e.